The van der Waals surface area contributed by atoms with Crippen LogP contribution in [0.5, 0.6) is 11.6 Å². The summed E-state index contributed by atoms with van der Waals surface area (Å²) in [5, 5.41) is 6.56. The van der Waals surface area contributed by atoms with Gasteiger partial charge in [-0.25, -0.2) is 14.5 Å². The highest BCUT2D eigenvalue weighted by Gasteiger charge is 2.61. The van der Waals surface area contributed by atoms with Gasteiger partial charge in [0.15, 0.2) is 0 Å². The number of morpholine rings is 1. The van der Waals surface area contributed by atoms with Crippen molar-refractivity contribution in [2.24, 2.45) is 17.3 Å². The van der Waals surface area contributed by atoms with Crippen LogP contribution in [0.4, 0.5) is 4.79 Å². The second-order valence-corrected chi connectivity index (χ2v) is 20.8. The molecule has 2 bridgehead atoms. The quantitative estimate of drug-likeness (QED) is 0.293. The van der Waals surface area contributed by atoms with E-state index in [1.165, 1.54) is 25.1 Å². The number of hydrogen-bond donors (Lipinski definition) is 3. The van der Waals surface area contributed by atoms with Crippen molar-refractivity contribution >= 4 is 44.9 Å². The van der Waals surface area contributed by atoms with E-state index in [1.54, 1.807) is 0 Å². The summed E-state index contributed by atoms with van der Waals surface area (Å²) in [6, 6.07) is 5.48. The van der Waals surface area contributed by atoms with E-state index in [-0.39, 0.29) is 31.4 Å². The number of hydrogen-bond acceptors (Lipinski definition) is 12. The van der Waals surface area contributed by atoms with Crippen LogP contribution in [-0.4, -0.2) is 141 Å². The lowest BCUT2D eigenvalue weighted by Gasteiger charge is -2.35. The number of carbonyl (C=O) groups is 4. The molecule has 1 aromatic heterocycles. The molecular formula is C45H65N7O10S. The second kappa shape index (κ2) is 19.3. The average molecular weight is 896 g/mol. The van der Waals surface area contributed by atoms with Gasteiger partial charge in [0.05, 0.1) is 30.8 Å². The van der Waals surface area contributed by atoms with Crippen LogP contribution in [0.3, 0.4) is 0 Å². The molecule has 3 N–H and O–H groups in total. The fourth-order valence-electron chi connectivity index (χ4n) is 9.43. The van der Waals surface area contributed by atoms with E-state index in [1.807, 2.05) is 45.0 Å². The number of nitrogens with one attached hydrogen (secondary N) is 3. The summed E-state index contributed by atoms with van der Waals surface area (Å²) < 4.78 is 53.6. The second-order valence-electron chi connectivity index (χ2n) is 18.9. The lowest BCUT2D eigenvalue weighted by atomic mass is 9.85. The Kier molecular flexibility index (Phi) is 14.2. The fourth-order valence-corrected chi connectivity index (χ4v) is 10.0. The number of para-hydroxylation sites is 1. The minimum atomic E-state index is -4.20. The first-order valence-electron chi connectivity index (χ1n) is 22.5. The number of fused-ring (bicyclic) bond motifs is 5. The first-order valence-corrected chi connectivity index (χ1v) is 23.9. The summed E-state index contributed by atoms with van der Waals surface area (Å²) >= 11 is 0. The third kappa shape index (κ3) is 10.6. The molecule has 2 saturated carbocycles. The zero-order valence-corrected chi connectivity index (χ0v) is 38.2. The van der Waals surface area contributed by atoms with Gasteiger partial charge in [0.2, 0.25) is 17.7 Å². The largest absolute Gasteiger partial charge is 0.491 e. The molecule has 4 fully saturated rings. The third-order valence-electron chi connectivity index (χ3n) is 13.3. The summed E-state index contributed by atoms with van der Waals surface area (Å²) in [6.07, 6.45) is 6.73. The van der Waals surface area contributed by atoms with Crippen molar-refractivity contribution in [2.75, 3.05) is 60.1 Å². The molecule has 0 spiro atoms. The number of alkyl carbamates (subject to hydrolysis) is 1. The lowest BCUT2D eigenvalue weighted by Crippen LogP contribution is -2.60. The van der Waals surface area contributed by atoms with Crippen molar-refractivity contribution in [2.45, 2.75) is 115 Å². The van der Waals surface area contributed by atoms with Gasteiger partial charge in [-0.15, -0.1) is 6.58 Å². The molecule has 0 unspecified atom stereocenters. The third-order valence-corrected chi connectivity index (χ3v) is 14.7. The number of carbonyl (C=O) groups excluding carboxylic acids is 4. The van der Waals surface area contributed by atoms with Crippen LogP contribution in [0, 0.1) is 17.3 Å². The molecule has 0 radical (unpaired) electrons. The highest BCUT2D eigenvalue weighted by atomic mass is 32.2. The first-order chi connectivity index (χ1) is 30.0. The monoisotopic (exact) mass is 895 g/mol. The zero-order chi connectivity index (χ0) is 45.1. The Balaban J connectivity index is 1.25. The topological polar surface area (TPSA) is 198 Å². The lowest BCUT2D eigenvalue weighted by molar-refractivity contribution is -0.143. The number of aromatic nitrogens is 1. The van der Waals surface area contributed by atoms with Gasteiger partial charge in [-0.3, -0.25) is 19.3 Å². The molecule has 5 aliphatic rings. The highest BCUT2D eigenvalue weighted by Crippen LogP contribution is 2.45. The number of rotatable bonds is 10. The van der Waals surface area contributed by atoms with E-state index in [9.17, 15) is 27.6 Å². The highest BCUT2D eigenvalue weighted by molar-refractivity contribution is 7.87. The summed E-state index contributed by atoms with van der Waals surface area (Å²) in [7, 11) is -1.63. The molecule has 4 amide bonds. The van der Waals surface area contributed by atoms with Gasteiger partial charge < -0.3 is 34.5 Å². The van der Waals surface area contributed by atoms with Crippen molar-refractivity contribution in [1.82, 2.24) is 34.4 Å². The van der Waals surface area contributed by atoms with Crippen LogP contribution in [-0.2, 0) is 40.5 Å². The molecular weight excluding hydrogens is 831 g/mol. The molecule has 2 aliphatic carbocycles. The predicted molar refractivity (Wildman–Crippen MR) is 235 cm³/mol. The van der Waals surface area contributed by atoms with Crippen molar-refractivity contribution in [1.29, 1.82) is 0 Å². The van der Waals surface area contributed by atoms with Gasteiger partial charge in [0, 0.05) is 51.5 Å². The molecule has 346 valence electrons. The normalized spacial score (nSPS) is 28.7. The van der Waals surface area contributed by atoms with Crippen LogP contribution in [0.15, 0.2) is 36.9 Å². The molecule has 17 nitrogen and oxygen atoms in total. The summed E-state index contributed by atoms with van der Waals surface area (Å²) in [4.78, 5) is 65.7. The molecule has 7 atom stereocenters. The van der Waals surface area contributed by atoms with E-state index >= 15 is 0 Å². The van der Waals surface area contributed by atoms with Crippen LogP contribution in [0.1, 0.15) is 84.1 Å². The van der Waals surface area contributed by atoms with Crippen molar-refractivity contribution in [3.05, 3.63) is 42.5 Å². The summed E-state index contributed by atoms with van der Waals surface area (Å²) in [5.41, 5.74) is -0.953. The van der Waals surface area contributed by atoms with Crippen LogP contribution >= 0.6 is 0 Å². The summed E-state index contributed by atoms with van der Waals surface area (Å²) in [5.74, 6) is -1.43. The van der Waals surface area contributed by atoms with Gasteiger partial charge in [-0.2, -0.15) is 12.7 Å². The van der Waals surface area contributed by atoms with Crippen LogP contribution < -0.4 is 24.8 Å². The Labute approximate surface area is 371 Å². The van der Waals surface area contributed by atoms with E-state index < -0.39 is 69.1 Å². The Bertz CT molecular complexity index is 2140. The Morgan fingerprint density at radius 2 is 1.81 bits per heavy atom. The number of benzene rings is 1. The molecule has 18 heteroatoms. The number of ether oxygens (including phenoxy) is 4. The SMILES string of the molecule is C=C[C@@H]1C[C@]1(NC(=O)[C@@H]1C[C@@H]2CN1C(=O)[C@H](C(C)(C)C)NC(=O)O[C@@H]1CCC[C@H]1CCCCCc1c(nc3ccccc3c1OCCN1CCOCC1)O2)C(=O)NS(=O)(=O)N(C)C. The molecule has 2 saturated heterocycles. The van der Waals surface area contributed by atoms with Gasteiger partial charge in [-0.1, -0.05) is 51.8 Å². The van der Waals surface area contributed by atoms with Gasteiger partial charge >= 0.3 is 16.3 Å². The minimum Gasteiger partial charge on any atom is -0.491 e. The van der Waals surface area contributed by atoms with E-state index in [4.69, 9.17) is 23.9 Å². The molecule has 3 aliphatic heterocycles. The van der Waals surface area contributed by atoms with Crippen LogP contribution in [0.2, 0.25) is 0 Å². The molecule has 2 aromatic rings. The van der Waals surface area contributed by atoms with Gasteiger partial charge in [-0.05, 0) is 68.4 Å². The van der Waals surface area contributed by atoms with Gasteiger partial charge in [0.1, 0.15) is 42.2 Å². The average Bonchev–Trinajstić information content (AvgIpc) is 3.51. The van der Waals surface area contributed by atoms with E-state index in [0.717, 1.165) is 79.8 Å². The Morgan fingerprint density at radius 3 is 2.52 bits per heavy atom. The minimum absolute atomic E-state index is 0.0102. The number of amides is 4. The van der Waals surface area contributed by atoms with Crippen molar-refractivity contribution in [3.63, 3.8) is 0 Å². The van der Waals surface area contributed by atoms with Crippen molar-refractivity contribution < 1.29 is 46.5 Å². The standard InChI is InChI=1S/C45H65N7O10S/c1-7-30-27-45(30,42(55)49-63(57,58)50(5)6)48-39(53)35-26-31-28-52(35)41(54)38(44(2,3)4)47-43(56)62-36-19-13-15-29(36)14-9-8-10-17-33-37(60-25-22-51-20-23-59-24-21-51)32-16-11-12-18-34(32)46-40(33)61-31/h7,11-12,16,18,29-31,35-36,38H,1,8-10,13-15,17,19-28H2,2-6H3,(H,47,56)(H,48,53)(H,49,55)/t29-,30-,31-,35+,36-,38-,45-/m1/s1. The predicted octanol–water partition coefficient (Wildman–Crippen LogP) is 3.70. The molecule has 63 heavy (non-hydrogen) atoms. The first kappa shape index (κ1) is 46.5. The van der Waals surface area contributed by atoms with Crippen molar-refractivity contribution in [3.8, 4) is 11.6 Å². The maximum absolute atomic E-state index is 14.9. The molecule has 7 rings (SSSR count). The molecule has 4 heterocycles. The Morgan fingerprint density at radius 1 is 1.06 bits per heavy atom. The van der Waals surface area contributed by atoms with Gasteiger partial charge in [0.25, 0.3) is 5.91 Å². The smallest absolute Gasteiger partial charge is 0.408 e. The van der Waals surface area contributed by atoms with E-state index in [0.29, 0.717) is 43.4 Å². The molecule has 1 aromatic carbocycles. The van der Waals surface area contributed by atoms with Crippen LogP contribution in [0.25, 0.3) is 10.9 Å². The fraction of sp³-hybridized carbons (Fsp3) is 0.667. The van der Waals surface area contributed by atoms with E-state index in [2.05, 4.69) is 26.8 Å². The zero-order valence-electron chi connectivity index (χ0n) is 37.4. The summed E-state index contributed by atoms with van der Waals surface area (Å²) in [6.45, 7) is 13.4. The number of nitrogens with zero attached hydrogens (tertiary/aromatic N) is 4. The number of pyridine rings is 1. The Hall–Kier alpha value is -4.52. The maximum atomic E-state index is 14.9. The maximum Gasteiger partial charge on any atom is 0.408 e.